The van der Waals surface area contributed by atoms with Crippen LogP contribution >= 0.6 is 11.6 Å². The van der Waals surface area contributed by atoms with Crippen LogP contribution in [0.25, 0.3) is 0 Å². The predicted octanol–water partition coefficient (Wildman–Crippen LogP) is 1.66. The Labute approximate surface area is 127 Å². The number of piperazine rings is 1. The Morgan fingerprint density at radius 1 is 1.05 bits per heavy atom. The first-order valence-corrected chi connectivity index (χ1v) is 7.04. The van der Waals surface area contributed by atoms with E-state index in [0.29, 0.717) is 17.7 Å². The first-order valence-electron chi connectivity index (χ1n) is 6.66. The minimum Gasteiger partial charge on any atom is -0.353 e. The third-order valence-electron chi connectivity index (χ3n) is 3.48. The number of carbonyl (C=O) groups excluding carboxylic acids is 1. The monoisotopic (exact) mass is 303 g/mol. The van der Waals surface area contributed by atoms with Crippen LogP contribution in [0.4, 0.5) is 11.6 Å². The van der Waals surface area contributed by atoms with E-state index in [1.807, 2.05) is 18.2 Å². The number of anilines is 2. The van der Waals surface area contributed by atoms with Crippen molar-refractivity contribution in [2.24, 2.45) is 0 Å². The zero-order valence-electron chi connectivity index (χ0n) is 11.3. The SMILES string of the molecule is O=Cc1c(Cl)ncnc1N1CCN(c2ccccn2)CC1. The molecule has 3 heterocycles. The summed E-state index contributed by atoms with van der Waals surface area (Å²) in [7, 11) is 0. The first-order chi connectivity index (χ1) is 10.3. The second-order valence-electron chi connectivity index (χ2n) is 4.68. The van der Waals surface area contributed by atoms with Crippen LogP contribution in [0, 0.1) is 0 Å². The van der Waals surface area contributed by atoms with E-state index >= 15 is 0 Å². The molecule has 1 saturated heterocycles. The first kappa shape index (κ1) is 13.8. The molecule has 6 nitrogen and oxygen atoms in total. The fraction of sp³-hybridized carbons (Fsp3) is 0.286. The highest BCUT2D eigenvalue weighted by Crippen LogP contribution is 2.23. The normalized spacial score (nSPS) is 15.1. The third-order valence-corrected chi connectivity index (χ3v) is 3.79. The van der Waals surface area contributed by atoms with Crippen molar-refractivity contribution in [3.05, 3.63) is 41.4 Å². The molecule has 0 radical (unpaired) electrons. The molecule has 0 amide bonds. The Balaban J connectivity index is 1.75. The molecule has 0 atom stereocenters. The fourth-order valence-electron chi connectivity index (χ4n) is 2.41. The van der Waals surface area contributed by atoms with E-state index in [-0.39, 0.29) is 5.15 Å². The molecule has 0 aromatic carbocycles. The van der Waals surface area contributed by atoms with Crippen molar-refractivity contribution in [3.8, 4) is 0 Å². The van der Waals surface area contributed by atoms with Crippen LogP contribution in [0.5, 0.6) is 0 Å². The van der Waals surface area contributed by atoms with Crippen LogP contribution in [0.3, 0.4) is 0 Å². The van der Waals surface area contributed by atoms with Crippen LogP contribution in [0.2, 0.25) is 5.15 Å². The molecule has 108 valence electrons. The average Bonchev–Trinajstić information content (AvgIpc) is 2.55. The lowest BCUT2D eigenvalue weighted by atomic mass is 10.2. The summed E-state index contributed by atoms with van der Waals surface area (Å²) in [6.45, 7) is 3.14. The van der Waals surface area contributed by atoms with Crippen molar-refractivity contribution in [3.63, 3.8) is 0 Å². The number of aromatic nitrogens is 3. The molecule has 0 N–H and O–H groups in total. The number of aldehydes is 1. The van der Waals surface area contributed by atoms with E-state index < -0.39 is 0 Å². The molecule has 3 rings (SSSR count). The van der Waals surface area contributed by atoms with Gasteiger partial charge < -0.3 is 9.80 Å². The number of halogens is 1. The van der Waals surface area contributed by atoms with Gasteiger partial charge in [0.05, 0.1) is 5.56 Å². The van der Waals surface area contributed by atoms with E-state index in [4.69, 9.17) is 11.6 Å². The summed E-state index contributed by atoms with van der Waals surface area (Å²) in [5.41, 5.74) is 0.352. The molecular weight excluding hydrogens is 290 g/mol. The molecule has 0 saturated carbocycles. The summed E-state index contributed by atoms with van der Waals surface area (Å²) in [5, 5.41) is 0.196. The Morgan fingerprint density at radius 3 is 2.48 bits per heavy atom. The van der Waals surface area contributed by atoms with Gasteiger partial charge in [-0.3, -0.25) is 4.79 Å². The van der Waals surface area contributed by atoms with Crippen molar-refractivity contribution >= 4 is 29.5 Å². The molecule has 1 aliphatic rings. The molecule has 0 aliphatic carbocycles. The average molecular weight is 304 g/mol. The predicted molar refractivity (Wildman–Crippen MR) is 81.1 cm³/mol. The largest absolute Gasteiger partial charge is 0.353 e. The van der Waals surface area contributed by atoms with Crippen molar-refractivity contribution < 1.29 is 4.79 Å². The number of nitrogens with zero attached hydrogens (tertiary/aromatic N) is 5. The lowest BCUT2D eigenvalue weighted by molar-refractivity contribution is 0.112. The van der Waals surface area contributed by atoms with Gasteiger partial charge >= 0.3 is 0 Å². The molecule has 0 bridgehead atoms. The van der Waals surface area contributed by atoms with Gasteiger partial charge in [-0.05, 0) is 12.1 Å². The summed E-state index contributed by atoms with van der Waals surface area (Å²) < 4.78 is 0. The quantitative estimate of drug-likeness (QED) is 0.635. The minimum atomic E-state index is 0.196. The standard InChI is InChI=1S/C14H14ClN5O/c15-13-11(9-21)14(18-10-17-13)20-7-5-19(6-8-20)12-3-1-2-4-16-12/h1-4,9-10H,5-8H2. The van der Waals surface area contributed by atoms with Crippen molar-refractivity contribution in [2.45, 2.75) is 0 Å². The van der Waals surface area contributed by atoms with Gasteiger partial charge in [0.15, 0.2) is 6.29 Å². The van der Waals surface area contributed by atoms with Gasteiger partial charge in [0.2, 0.25) is 0 Å². The molecule has 0 unspecified atom stereocenters. The summed E-state index contributed by atoms with van der Waals surface area (Å²) >= 11 is 5.94. The van der Waals surface area contributed by atoms with Gasteiger partial charge in [0.1, 0.15) is 23.1 Å². The smallest absolute Gasteiger partial charge is 0.156 e. The second-order valence-corrected chi connectivity index (χ2v) is 5.04. The molecule has 1 fully saturated rings. The van der Waals surface area contributed by atoms with Gasteiger partial charge in [-0.1, -0.05) is 17.7 Å². The maximum atomic E-state index is 11.2. The molecule has 7 heteroatoms. The molecule has 1 aliphatic heterocycles. The summed E-state index contributed by atoms with van der Waals surface area (Å²) in [6.07, 6.45) is 3.88. The Hall–Kier alpha value is -2.21. The van der Waals surface area contributed by atoms with Gasteiger partial charge in [0, 0.05) is 32.4 Å². The highest BCUT2D eigenvalue weighted by atomic mass is 35.5. The number of rotatable bonds is 3. The zero-order valence-corrected chi connectivity index (χ0v) is 12.1. The topological polar surface area (TPSA) is 62.2 Å². The summed E-state index contributed by atoms with van der Waals surface area (Å²) in [4.78, 5) is 27.8. The van der Waals surface area contributed by atoms with Crippen molar-refractivity contribution in [1.29, 1.82) is 0 Å². The lowest BCUT2D eigenvalue weighted by Gasteiger charge is -2.36. The fourth-order valence-corrected chi connectivity index (χ4v) is 2.58. The summed E-state index contributed by atoms with van der Waals surface area (Å²) in [6, 6.07) is 5.87. The van der Waals surface area contributed by atoms with Gasteiger partial charge in [-0.25, -0.2) is 15.0 Å². The highest BCUT2D eigenvalue weighted by Gasteiger charge is 2.22. The Kier molecular flexibility index (Phi) is 3.96. The van der Waals surface area contributed by atoms with Crippen LogP contribution in [0.1, 0.15) is 10.4 Å². The van der Waals surface area contributed by atoms with E-state index in [1.54, 1.807) is 6.20 Å². The van der Waals surface area contributed by atoms with Gasteiger partial charge in [0.25, 0.3) is 0 Å². The zero-order chi connectivity index (χ0) is 14.7. The molecular formula is C14H14ClN5O. The maximum Gasteiger partial charge on any atom is 0.156 e. The van der Waals surface area contributed by atoms with Crippen LogP contribution in [0.15, 0.2) is 30.7 Å². The van der Waals surface area contributed by atoms with E-state index in [2.05, 4.69) is 24.8 Å². The Morgan fingerprint density at radius 2 is 1.81 bits per heavy atom. The number of hydrogen-bond donors (Lipinski definition) is 0. The number of hydrogen-bond acceptors (Lipinski definition) is 6. The maximum absolute atomic E-state index is 11.2. The Bertz CT molecular complexity index is 629. The second kappa shape index (κ2) is 6.05. The van der Waals surface area contributed by atoms with Crippen LogP contribution < -0.4 is 9.80 Å². The van der Waals surface area contributed by atoms with E-state index in [1.165, 1.54) is 6.33 Å². The molecule has 21 heavy (non-hydrogen) atoms. The summed E-state index contributed by atoms with van der Waals surface area (Å²) in [5.74, 6) is 1.57. The van der Waals surface area contributed by atoms with E-state index in [0.717, 1.165) is 32.0 Å². The third kappa shape index (κ3) is 2.80. The molecule has 2 aromatic heterocycles. The van der Waals surface area contributed by atoms with Crippen LogP contribution in [-0.2, 0) is 0 Å². The molecule has 0 spiro atoms. The molecule has 2 aromatic rings. The van der Waals surface area contributed by atoms with Gasteiger partial charge in [-0.2, -0.15) is 0 Å². The number of pyridine rings is 1. The van der Waals surface area contributed by atoms with Crippen molar-refractivity contribution in [2.75, 3.05) is 36.0 Å². The number of carbonyl (C=O) groups is 1. The lowest BCUT2D eigenvalue weighted by Crippen LogP contribution is -2.47. The van der Waals surface area contributed by atoms with E-state index in [9.17, 15) is 4.79 Å². The van der Waals surface area contributed by atoms with Gasteiger partial charge in [-0.15, -0.1) is 0 Å². The van der Waals surface area contributed by atoms with Crippen molar-refractivity contribution in [1.82, 2.24) is 15.0 Å². The van der Waals surface area contributed by atoms with Crippen LogP contribution in [-0.4, -0.2) is 47.4 Å². The highest BCUT2D eigenvalue weighted by molar-refractivity contribution is 6.32. The minimum absolute atomic E-state index is 0.196.